The summed E-state index contributed by atoms with van der Waals surface area (Å²) in [5.74, 6) is -2.21. The van der Waals surface area contributed by atoms with Gasteiger partial charge in [0.15, 0.2) is 6.10 Å². The molecule has 30 heavy (non-hydrogen) atoms. The van der Waals surface area contributed by atoms with Crippen LogP contribution < -0.4 is 0 Å². The average molecular weight is 435 g/mol. The molecule has 0 amide bonds. The highest BCUT2D eigenvalue weighted by atomic mass is 16.6. The van der Waals surface area contributed by atoms with Gasteiger partial charge in [-0.2, -0.15) is 0 Å². The van der Waals surface area contributed by atoms with Crippen LogP contribution in [-0.4, -0.2) is 68.5 Å². The fourth-order valence-corrected chi connectivity index (χ4v) is 3.17. The highest BCUT2D eigenvalue weighted by Crippen LogP contribution is 2.13. The maximum Gasteiger partial charge on any atom is 0.345 e. The Morgan fingerprint density at radius 1 is 0.700 bits per heavy atom. The van der Waals surface area contributed by atoms with Crippen molar-refractivity contribution in [2.24, 2.45) is 0 Å². The van der Waals surface area contributed by atoms with Gasteiger partial charge >= 0.3 is 11.9 Å². The standard InChI is InChI=1S/C22H42O8/c1-2-3-4-5-6-7-8-9-10-11-12-13-14-15-18(25)30-22(29)21(28)20(27)19(26)17(24)16-23/h17,19-21,23-24,26-28H,2-16H2,1H3/t17-,19+,20+,21-/m1/s1. The molecule has 0 spiro atoms. The number of aliphatic hydroxyl groups excluding tert-OH is 5. The first kappa shape index (κ1) is 28.9. The summed E-state index contributed by atoms with van der Waals surface area (Å²) in [7, 11) is 0. The molecule has 178 valence electrons. The molecule has 0 aliphatic rings. The predicted octanol–water partition coefficient (Wildman–Crippen LogP) is 1.97. The van der Waals surface area contributed by atoms with Crippen molar-refractivity contribution in [3.8, 4) is 0 Å². The summed E-state index contributed by atoms with van der Waals surface area (Å²) in [6.45, 7) is 1.36. The molecule has 0 fully saturated rings. The van der Waals surface area contributed by atoms with Gasteiger partial charge in [-0.25, -0.2) is 4.79 Å². The number of esters is 2. The molecule has 5 N–H and O–H groups in total. The van der Waals surface area contributed by atoms with Crippen LogP contribution in [0.2, 0.25) is 0 Å². The van der Waals surface area contributed by atoms with E-state index in [1.165, 1.54) is 57.8 Å². The lowest BCUT2D eigenvalue weighted by atomic mass is 10.0. The van der Waals surface area contributed by atoms with Crippen molar-refractivity contribution >= 4 is 11.9 Å². The lowest BCUT2D eigenvalue weighted by Crippen LogP contribution is -2.49. The third-order valence-electron chi connectivity index (χ3n) is 5.20. The molecule has 0 aliphatic heterocycles. The highest BCUT2D eigenvalue weighted by molar-refractivity contribution is 5.88. The minimum absolute atomic E-state index is 0.0220. The van der Waals surface area contributed by atoms with Crippen molar-refractivity contribution in [2.45, 2.75) is 121 Å². The Balaban J connectivity index is 3.70. The molecule has 0 saturated carbocycles. The van der Waals surface area contributed by atoms with E-state index in [-0.39, 0.29) is 6.42 Å². The van der Waals surface area contributed by atoms with Gasteiger partial charge in [-0.3, -0.25) is 4.79 Å². The number of ether oxygens (including phenoxy) is 1. The van der Waals surface area contributed by atoms with Gasteiger partial charge in [0.2, 0.25) is 0 Å². The zero-order valence-corrected chi connectivity index (χ0v) is 18.4. The molecule has 0 unspecified atom stereocenters. The van der Waals surface area contributed by atoms with Gasteiger partial charge in [0.25, 0.3) is 0 Å². The summed E-state index contributed by atoms with van der Waals surface area (Å²) >= 11 is 0. The van der Waals surface area contributed by atoms with Crippen molar-refractivity contribution in [1.82, 2.24) is 0 Å². The molecular formula is C22H42O8. The molecule has 0 rings (SSSR count). The van der Waals surface area contributed by atoms with Crippen molar-refractivity contribution in [3.05, 3.63) is 0 Å². The minimum Gasteiger partial charge on any atom is -0.394 e. The summed E-state index contributed by atoms with van der Waals surface area (Å²) in [6, 6.07) is 0. The molecule has 0 heterocycles. The van der Waals surface area contributed by atoms with Gasteiger partial charge in [-0.05, 0) is 6.42 Å². The van der Waals surface area contributed by atoms with E-state index in [0.717, 1.165) is 19.3 Å². The van der Waals surface area contributed by atoms with E-state index in [0.29, 0.717) is 6.42 Å². The van der Waals surface area contributed by atoms with Crippen LogP contribution in [0.4, 0.5) is 0 Å². The summed E-state index contributed by atoms with van der Waals surface area (Å²) in [5.41, 5.74) is 0. The number of hydrogen-bond acceptors (Lipinski definition) is 8. The number of carbonyl (C=O) groups is 2. The zero-order chi connectivity index (χ0) is 22.8. The second-order valence-corrected chi connectivity index (χ2v) is 7.96. The van der Waals surface area contributed by atoms with E-state index < -0.39 is 43.0 Å². The molecule has 8 nitrogen and oxygen atoms in total. The zero-order valence-electron chi connectivity index (χ0n) is 18.4. The third-order valence-corrected chi connectivity index (χ3v) is 5.20. The average Bonchev–Trinajstić information content (AvgIpc) is 2.74. The summed E-state index contributed by atoms with van der Waals surface area (Å²) in [6.07, 6.45) is 7.21. The largest absolute Gasteiger partial charge is 0.394 e. The van der Waals surface area contributed by atoms with E-state index in [2.05, 4.69) is 11.7 Å². The fourth-order valence-electron chi connectivity index (χ4n) is 3.17. The number of carbonyl (C=O) groups excluding carboxylic acids is 2. The molecule has 0 bridgehead atoms. The van der Waals surface area contributed by atoms with Crippen LogP contribution in [0.15, 0.2) is 0 Å². The summed E-state index contributed by atoms with van der Waals surface area (Å²) in [5, 5.41) is 46.6. The maximum atomic E-state index is 11.7. The van der Waals surface area contributed by atoms with Crippen molar-refractivity contribution < 1.29 is 39.9 Å². The van der Waals surface area contributed by atoms with Crippen LogP contribution in [-0.2, 0) is 14.3 Å². The Kier molecular flexibility index (Phi) is 18.0. The molecule has 0 aliphatic carbocycles. The monoisotopic (exact) mass is 434 g/mol. The number of aliphatic hydroxyl groups is 5. The van der Waals surface area contributed by atoms with E-state index in [1.54, 1.807) is 0 Å². The lowest BCUT2D eigenvalue weighted by molar-refractivity contribution is -0.176. The fraction of sp³-hybridized carbons (Fsp3) is 0.909. The first-order chi connectivity index (χ1) is 14.3. The molecular weight excluding hydrogens is 392 g/mol. The van der Waals surface area contributed by atoms with Gasteiger partial charge in [-0.15, -0.1) is 0 Å². The maximum absolute atomic E-state index is 11.7. The first-order valence-electron chi connectivity index (χ1n) is 11.4. The number of unbranched alkanes of at least 4 members (excludes halogenated alkanes) is 12. The van der Waals surface area contributed by atoms with E-state index >= 15 is 0 Å². The minimum atomic E-state index is -2.20. The van der Waals surface area contributed by atoms with Crippen LogP contribution in [0.1, 0.15) is 96.8 Å². The Morgan fingerprint density at radius 2 is 1.13 bits per heavy atom. The molecule has 0 saturated heterocycles. The van der Waals surface area contributed by atoms with Gasteiger partial charge in [0, 0.05) is 6.42 Å². The SMILES string of the molecule is CCCCCCCCCCCCCCCC(=O)OC(=O)[C@H](O)[C@@H](O)[C@@H](O)[C@H](O)CO. The van der Waals surface area contributed by atoms with Crippen LogP contribution in [0.5, 0.6) is 0 Å². The normalized spacial score (nSPS) is 15.4. The van der Waals surface area contributed by atoms with Crippen molar-refractivity contribution in [2.75, 3.05) is 6.61 Å². The molecule has 8 heteroatoms. The van der Waals surface area contributed by atoms with E-state index in [1.807, 2.05) is 0 Å². The van der Waals surface area contributed by atoms with Crippen LogP contribution in [0.3, 0.4) is 0 Å². The quantitative estimate of drug-likeness (QED) is 0.118. The summed E-state index contributed by atoms with van der Waals surface area (Å²) in [4.78, 5) is 23.3. The van der Waals surface area contributed by atoms with Crippen LogP contribution in [0, 0.1) is 0 Å². The Labute approximate surface area is 180 Å². The van der Waals surface area contributed by atoms with Gasteiger partial charge in [-0.1, -0.05) is 84.0 Å². The molecule has 0 radical (unpaired) electrons. The first-order valence-corrected chi connectivity index (χ1v) is 11.4. The summed E-state index contributed by atoms with van der Waals surface area (Å²) < 4.78 is 4.46. The highest BCUT2D eigenvalue weighted by Gasteiger charge is 2.35. The van der Waals surface area contributed by atoms with E-state index in [4.69, 9.17) is 5.11 Å². The van der Waals surface area contributed by atoms with Crippen LogP contribution >= 0.6 is 0 Å². The Bertz CT molecular complexity index is 443. The van der Waals surface area contributed by atoms with Crippen molar-refractivity contribution in [1.29, 1.82) is 0 Å². The second-order valence-electron chi connectivity index (χ2n) is 7.96. The van der Waals surface area contributed by atoms with Gasteiger partial charge in [0.1, 0.15) is 18.3 Å². The Hall–Kier alpha value is -1.06. The third kappa shape index (κ3) is 14.0. The molecule has 0 aromatic carbocycles. The van der Waals surface area contributed by atoms with Crippen molar-refractivity contribution in [3.63, 3.8) is 0 Å². The Morgan fingerprint density at radius 3 is 1.57 bits per heavy atom. The second kappa shape index (κ2) is 18.7. The number of rotatable bonds is 19. The molecule has 4 atom stereocenters. The molecule has 0 aromatic heterocycles. The van der Waals surface area contributed by atoms with E-state index in [9.17, 15) is 30.0 Å². The smallest absolute Gasteiger partial charge is 0.345 e. The van der Waals surface area contributed by atoms with Crippen LogP contribution in [0.25, 0.3) is 0 Å². The molecule has 0 aromatic rings. The van der Waals surface area contributed by atoms with Gasteiger partial charge < -0.3 is 30.3 Å². The van der Waals surface area contributed by atoms with Gasteiger partial charge in [0.05, 0.1) is 6.61 Å². The number of hydrogen-bond donors (Lipinski definition) is 5. The topological polar surface area (TPSA) is 145 Å². The lowest BCUT2D eigenvalue weighted by Gasteiger charge is -2.24. The predicted molar refractivity (Wildman–Crippen MR) is 113 cm³/mol.